The van der Waals surface area contributed by atoms with Crippen LogP contribution in [0, 0.1) is 11.8 Å². The van der Waals surface area contributed by atoms with Crippen LogP contribution in [0.15, 0.2) is 71.3 Å². The van der Waals surface area contributed by atoms with Gasteiger partial charge in [0.05, 0.1) is 25.4 Å². The molecule has 6 heteroatoms. The lowest BCUT2D eigenvalue weighted by atomic mass is 10.1. The molecular formula is C28H31NO5. The molecule has 1 heterocycles. The Bertz CT molecular complexity index is 1090. The van der Waals surface area contributed by atoms with Crippen LogP contribution in [-0.4, -0.2) is 37.0 Å². The van der Waals surface area contributed by atoms with Crippen molar-refractivity contribution < 1.29 is 23.5 Å². The van der Waals surface area contributed by atoms with Crippen LogP contribution in [0.4, 0.5) is 0 Å². The fraction of sp³-hybridized carbons (Fsp3) is 0.357. The molecule has 1 saturated carbocycles. The first-order valence-corrected chi connectivity index (χ1v) is 11.8. The number of esters is 1. The van der Waals surface area contributed by atoms with E-state index in [4.69, 9.17) is 13.9 Å². The van der Waals surface area contributed by atoms with E-state index >= 15 is 0 Å². The predicted octanol–water partition coefficient (Wildman–Crippen LogP) is 5.58. The number of rotatable bonds is 11. The highest BCUT2D eigenvalue weighted by Crippen LogP contribution is 2.42. The molecule has 0 spiro atoms. The van der Waals surface area contributed by atoms with Gasteiger partial charge in [0.1, 0.15) is 11.5 Å². The van der Waals surface area contributed by atoms with E-state index in [0.29, 0.717) is 31.2 Å². The van der Waals surface area contributed by atoms with Crippen LogP contribution in [-0.2, 0) is 16.1 Å². The molecule has 0 radical (unpaired) electrons. The van der Waals surface area contributed by atoms with Crippen LogP contribution in [0.5, 0.6) is 5.75 Å². The van der Waals surface area contributed by atoms with Crippen molar-refractivity contribution in [2.45, 2.75) is 32.7 Å². The fourth-order valence-electron chi connectivity index (χ4n) is 4.18. The van der Waals surface area contributed by atoms with E-state index in [1.165, 1.54) is 0 Å². The zero-order valence-electron chi connectivity index (χ0n) is 19.7. The minimum absolute atomic E-state index is 0.0560. The number of ether oxygens (including phenoxy) is 2. The minimum Gasteiger partial charge on any atom is -0.493 e. The van der Waals surface area contributed by atoms with E-state index in [2.05, 4.69) is 0 Å². The first-order chi connectivity index (χ1) is 16.6. The molecule has 0 aliphatic heterocycles. The zero-order valence-corrected chi connectivity index (χ0v) is 19.7. The van der Waals surface area contributed by atoms with Crippen molar-refractivity contribution in [1.82, 2.24) is 4.90 Å². The quantitative estimate of drug-likeness (QED) is 0.276. The summed E-state index contributed by atoms with van der Waals surface area (Å²) in [5, 5.41) is 0. The Hall–Kier alpha value is -3.54. The van der Waals surface area contributed by atoms with Gasteiger partial charge in [0.2, 0.25) is 0 Å². The van der Waals surface area contributed by atoms with Gasteiger partial charge >= 0.3 is 5.97 Å². The van der Waals surface area contributed by atoms with Crippen LogP contribution in [0.25, 0.3) is 11.3 Å². The monoisotopic (exact) mass is 461 g/mol. The van der Waals surface area contributed by atoms with Crippen molar-refractivity contribution in [3.05, 3.63) is 78.1 Å². The van der Waals surface area contributed by atoms with E-state index in [9.17, 15) is 9.59 Å². The van der Waals surface area contributed by atoms with Gasteiger partial charge in [-0.15, -0.1) is 0 Å². The molecule has 2 unspecified atom stereocenters. The van der Waals surface area contributed by atoms with E-state index in [1.54, 1.807) is 18.2 Å². The van der Waals surface area contributed by atoms with Gasteiger partial charge in [-0.25, -0.2) is 0 Å². The molecule has 34 heavy (non-hydrogen) atoms. The third kappa shape index (κ3) is 5.87. The molecular weight excluding hydrogens is 430 g/mol. The van der Waals surface area contributed by atoms with Crippen molar-refractivity contribution in [1.29, 1.82) is 0 Å². The van der Waals surface area contributed by atoms with Gasteiger partial charge in [-0.05, 0) is 62.4 Å². The van der Waals surface area contributed by atoms with Gasteiger partial charge in [-0.2, -0.15) is 0 Å². The molecule has 0 N–H and O–H groups in total. The Morgan fingerprint density at radius 3 is 2.59 bits per heavy atom. The minimum atomic E-state index is -0.0675. The average Bonchev–Trinajstić information content (AvgIpc) is 3.42. The second-order valence-corrected chi connectivity index (χ2v) is 8.67. The summed E-state index contributed by atoms with van der Waals surface area (Å²) in [5.74, 6) is 1.92. The number of furan rings is 1. The van der Waals surface area contributed by atoms with E-state index in [-0.39, 0.29) is 17.8 Å². The van der Waals surface area contributed by atoms with Gasteiger partial charge < -0.3 is 18.8 Å². The molecule has 1 aliphatic carbocycles. The lowest BCUT2D eigenvalue weighted by molar-refractivity contribution is -0.145. The zero-order chi connectivity index (χ0) is 23.9. The summed E-state index contributed by atoms with van der Waals surface area (Å²) in [5.41, 5.74) is 2.51. The highest BCUT2D eigenvalue weighted by atomic mass is 16.5. The summed E-state index contributed by atoms with van der Waals surface area (Å²) in [6.45, 7) is 3.30. The number of nitrogens with zero attached hydrogens (tertiary/aromatic N) is 1. The number of carbonyl (C=O) groups excluding carboxylic acids is 2. The Morgan fingerprint density at radius 1 is 1.06 bits per heavy atom. The van der Waals surface area contributed by atoms with Crippen molar-refractivity contribution >= 4 is 11.9 Å². The Labute approximate surface area is 200 Å². The molecule has 1 aromatic heterocycles. The lowest BCUT2D eigenvalue weighted by Gasteiger charge is -2.19. The second-order valence-electron chi connectivity index (χ2n) is 8.67. The summed E-state index contributed by atoms with van der Waals surface area (Å²) in [4.78, 5) is 26.4. The molecule has 178 valence electrons. The van der Waals surface area contributed by atoms with Gasteiger partial charge in [-0.1, -0.05) is 30.3 Å². The SMILES string of the molecule is CCOC(=O)C1CC1CCCOc1ccccc1CN(C)C(=O)c1ccc(-c2ccco2)cc1. The number of para-hydroxylation sites is 1. The van der Waals surface area contributed by atoms with Gasteiger partial charge in [-0.3, -0.25) is 9.59 Å². The molecule has 1 aliphatic rings. The smallest absolute Gasteiger partial charge is 0.309 e. The first-order valence-electron chi connectivity index (χ1n) is 11.8. The third-order valence-corrected chi connectivity index (χ3v) is 6.15. The van der Waals surface area contributed by atoms with Gasteiger partial charge in [0.25, 0.3) is 5.91 Å². The Kier molecular flexibility index (Phi) is 7.68. The average molecular weight is 462 g/mol. The normalized spacial score (nSPS) is 16.6. The van der Waals surface area contributed by atoms with Crippen LogP contribution >= 0.6 is 0 Å². The van der Waals surface area contributed by atoms with Crippen LogP contribution in [0.3, 0.4) is 0 Å². The van der Waals surface area contributed by atoms with Crippen molar-refractivity contribution in [3.63, 3.8) is 0 Å². The van der Waals surface area contributed by atoms with Crippen molar-refractivity contribution in [3.8, 4) is 17.1 Å². The first kappa shape index (κ1) is 23.6. The highest BCUT2D eigenvalue weighted by molar-refractivity contribution is 5.94. The standard InChI is InChI=1S/C28H31NO5/c1-3-32-28(31)24-18-22(24)9-6-16-34-26-10-5-4-8-23(26)19-29(2)27(30)21-14-12-20(13-15-21)25-11-7-17-33-25/h4-5,7-8,10-15,17,22,24H,3,6,9,16,18-19H2,1-2H3. The number of amides is 1. The van der Waals surface area contributed by atoms with Crippen molar-refractivity contribution in [2.24, 2.45) is 11.8 Å². The third-order valence-electron chi connectivity index (χ3n) is 6.15. The summed E-state index contributed by atoms with van der Waals surface area (Å²) in [7, 11) is 1.79. The predicted molar refractivity (Wildman–Crippen MR) is 129 cm³/mol. The van der Waals surface area contributed by atoms with Crippen LogP contribution in [0.1, 0.15) is 42.1 Å². The number of hydrogen-bond donors (Lipinski definition) is 0. The molecule has 1 fully saturated rings. The number of hydrogen-bond acceptors (Lipinski definition) is 5. The lowest BCUT2D eigenvalue weighted by Crippen LogP contribution is -2.26. The molecule has 4 rings (SSSR count). The van der Waals surface area contributed by atoms with Gasteiger partial charge in [0, 0.05) is 30.3 Å². The summed E-state index contributed by atoms with van der Waals surface area (Å²) >= 11 is 0. The highest BCUT2D eigenvalue weighted by Gasteiger charge is 2.43. The Morgan fingerprint density at radius 2 is 1.85 bits per heavy atom. The topological polar surface area (TPSA) is 69.0 Å². The summed E-state index contributed by atoms with van der Waals surface area (Å²) < 4.78 is 16.5. The molecule has 2 atom stereocenters. The van der Waals surface area contributed by atoms with E-state index in [0.717, 1.165) is 41.9 Å². The maximum absolute atomic E-state index is 13.0. The summed E-state index contributed by atoms with van der Waals surface area (Å²) in [6.07, 6.45) is 4.39. The maximum Gasteiger partial charge on any atom is 0.309 e. The molecule has 2 aromatic carbocycles. The fourth-order valence-corrected chi connectivity index (χ4v) is 4.18. The maximum atomic E-state index is 13.0. The van der Waals surface area contributed by atoms with Gasteiger partial charge in [0.15, 0.2) is 0 Å². The van der Waals surface area contributed by atoms with Crippen molar-refractivity contribution in [2.75, 3.05) is 20.3 Å². The molecule has 0 saturated heterocycles. The molecule has 6 nitrogen and oxygen atoms in total. The van der Waals surface area contributed by atoms with Crippen LogP contribution < -0.4 is 4.74 Å². The van der Waals surface area contributed by atoms with E-state index in [1.807, 2.05) is 67.6 Å². The second kappa shape index (κ2) is 11.1. The molecule has 0 bridgehead atoms. The number of benzene rings is 2. The van der Waals surface area contributed by atoms with Crippen LogP contribution in [0.2, 0.25) is 0 Å². The summed E-state index contributed by atoms with van der Waals surface area (Å²) in [6, 6.07) is 19.0. The Balaban J connectivity index is 1.27. The molecule has 3 aromatic rings. The number of carbonyl (C=O) groups is 2. The van der Waals surface area contributed by atoms with E-state index < -0.39 is 0 Å². The molecule has 1 amide bonds. The largest absolute Gasteiger partial charge is 0.493 e.